The van der Waals surface area contributed by atoms with Gasteiger partial charge in [-0.3, -0.25) is 0 Å². The van der Waals surface area contributed by atoms with Crippen LogP contribution in [0.3, 0.4) is 0 Å². The molecule has 0 aliphatic heterocycles. The summed E-state index contributed by atoms with van der Waals surface area (Å²) < 4.78 is 0. The van der Waals surface area contributed by atoms with E-state index in [-0.39, 0.29) is 10.8 Å². The molecule has 0 aromatic heterocycles. The second-order valence-corrected chi connectivity index (χ2v) is 28.8. The zero-order chi connectivity index (χ0) is 68.2. The van der Waals surface area contributed by atoms with Crippen LogP contribution in [0, 0.1) is 0 Å². The number of anilines is 6. The normalized spacial score (nSPS) is 13.1. The molecule has 482 valence electrons. The van der Waals surface area contributed by atoms with Crippen LogP contribution in [-0.2, 0) is 10.8 Å². The molecule has 0 amide bonds. The van der Waals surface area contributed by atoms with Gasteiger partial charge in [0.15, 0.2) is 0 Å². The Morgan fingerprint density at radius 2 is 0.529 bits per heavy atom. The predicted octanol–water partition coefficient (Wildman–Crippen LogP) is 27.9. The molecule has 17 aromatic rings. The fourth-order valence-corrected chi connectivity index (χ4v) is 16.8. The van der Waals surface area contributed by atoms with Crippen LogP contribution in [0.25, 0.3) is 132 Å². The van der Waals surface area contributed by atoms with E-state index in [0.717, 1.165) is 39.7 Å². The Hall–Kier alpha value is -12.6. The zero-order valence-corrected chi connectivity index (χ0v) is 57.5. The van der Waals surface area contributed by atoms with Crippen LogP contribution >= 0.6 is 0 Å². The molecule has 19 rings (SSSR count). The summed E-state index contributed by atoms with van der Waals surface area (Å²) in [5, 5.41) is 9.56. The maximum absolute atomic E-state index is 2.53. The molecule has 17 aromatic carbocycles. The SMILES string of the molecule is CC1(C)c2cc(-c3ccc(-c4ccccc4)cc3)ccc2-c2ccc(N(c3ccc(-c4ccccc4)cc3)c3ccc4ccc(-c5cccc6c(N(c7ccc8c(c7)C(C)(C)c7cc(-c9ccc(-c%10ccccc%10)cc9)ccc7-8)c7ccc8ccccc8c7)cc7ccccc7c56)cc4c3)cc21. The van der Waals surface area contributed by atoms with Gasteiger partial charge in [0.1, 0.15) is 0 Å². The van der Waals surface area contributed by atoms with Crippen LogP contribution in [-0.4, -0.2) is 0 Å². The van der Waals surface area contributed by atoms with E-state index in [9.17, 15) is 0 Å². The first-order valence-electron chi connectivity index (χ1n) is 35.7. The summed E-state index contributed by atoms with van der Waals surface area (Å²) in [7, 11) is 0. The molecular weight excluding hydrogens is 1230 g/mol. The topological polar surface area (TPSA) is 6.48 Å². The summed E-state index contributed by atoms with van der Waals surface area (Å²) in [5.74, 6) is 0. The third-order valence-electron chi connectivity index (χ3n) is 22.2. The van der Waals surface area contributed by atoms with Crippen molar-refractivity contribution < 1.29 is 0 Å². The molecule has 2 aliphatic rings. The van der Waals surface area contributed by atoms with Crippen LogP contribution < -0.4 is 9.80 Å². The maximum Gasteiger partial charge on any atom is 0.0546 e. The van der Waals surface area contributed by atoms with Gasteiger partial charge in [0.25, 0.3) is 0 Å². The third-order valence-corrected chi connectivity index (χ3v) is 22.2. The molecule has 0 bridgehead atoms. The van der Waals surface area contributed by atoms with E-state index in [0.29, 0.717) is 0 Å². The van der Waals surface area contributed by atoms with Gasteiger partial charge in [-0.05, 0) is 234 Å². The van der Waals surface area contributed by atoms with E-state index in [4.69, 9.17) is 0 Å². The lowest BCUT2D eigenvalue weighted by Crippen LogP contribution is -2.17. The molecule has 0 atom stereocenters. The monoisotopic (exact) mass is 1300 g/mol. The van der Waals surface area contributed by atoms with Crippen LogP contribution in [0.2, 0.25) is 0 Å². The Kier molecular flexibility index (Phi) is 14.3. The van der Waals surface area contributed by atoms with Crippen LogP contribution in [0.1, 0.15) is 49.9 Å². The molecule has 0 saturated heterocycles. The molecule has 2 nitrogen and oxygen atoms in total. The van der Waals surface area contributed by atoms with Crippen molar-refractivity contribution in [3.05, 3.63) is 386 Å². The van der Waals surface area contributed by atoms with Crippen LogP contribution in [0.4, 0.5) is 34.1 Å². The smallest absolute Gasteiger partial charge is 0.0546 e. The molecule has 0 N–H and O–H groups in total. The highest BCUT2D eigenvalue weighted by atomic mass is 15.1. The summed E-state index contributed by atoms with van der Waals surface area (Å²) in [5.41, 5.74) is 31.2. The van der Waals surface area contributed by atoms with E-state index in [1.54, 1.807) is 0 Å². The van der Waals surface area contributed by atoms with Gasteiger partial charge in [-0.2, -0.15) is 0 Å². The van der Waals surface area contributed by atoms with Gasteiger partial charge in [-0.1, -0.05) is 307 Å². The predicted molar refractivity (Wildman–Crippen MR) is 434 cm³/mol. The minimum Gasteiger partial charge on any atom is -0.310 e. The van der Waals surface area contributed by atoms with E-state index in [2.05, 4.69) is 401 Å². The highest BCUT2D eigenvalue weighted by Gasteiger charge is 2.38. The number of fused-ring (bicyclic) bond motifs is 11. The van der Waals surface area contributed by atoms with Crippen molar-refractivity contribution >= 4 is 77.2 Å². The molecule has 0 radical (unpaired) electrons. The summed E-state index contributed by atoms with van der Waals surface area (Å²) in [6.07, 6.45) is 0. The van der Waals surface area contributed by atoms with Crippen LogP contribution in [0.15, 0.2) is 364 Å². The Labute approximate surface area is 597 Å². The number of hydrogen-bond donors (Lipinski definition) is 0. The Balaban J connectivity index is 0.715. The van der Waals surface area contributed by atoms with E-state index in [1.165, 1.54) is 149 Å². The summed E-state index contributed by atoms with van der Waals surface area (Å²) in [6.45, 7) is 9.61. The highest BCUT2D eigenvalue weighted by Crippen LogP contribution is 2.55. The first-order valence-corrected chi connectivity index (χ1v) is 35.7. The lowest BCUT2D eigenvalue weighted by Gasteiger charge is -2.30. The number of rotatable bonds is 12. The van der Waals surface area contributed by atoms with E-state index < -0.39 is 0 Å². The standard InChI is InChI=1S/C100H72N2/c1-99(2)93-60-76(72-35-31-69(32-36-72)65-19-8-5-9-20-65)45-53-88(93)90-55-51-84(63-95(90)99)101(81-47-41-71(42-48-81)67-23-12-7-13-24-67)82-49-44-74-39-40-79(57-80(74)59-82)87-29-18-30-92-97(62-78-27-16-17-28-86(78)98(87)92)102(83-50-43-68-25-14-15-26-75(68)58-83)85-52-56-91-89-54-46-77(61-94(89)100(3,4)96(91)64-85)73-37-33-70(34-38-73)66-21-10-6-11-22-66/h5-64H,1-4H3. The zero-order valence-electron chi connectivity index (χ0n) is 57.5. The first-order chi connectivity index (χ1) is 50.0. The molecule has 0 saturated carbocycles. The van der Waals surface area contributed by atoms with Crippen molar-refractivity contribution in [3.63, 3.8) is 0 Å². The quantitative estimate of drug-likeness (QED) is 0.113. The lowest BCUT2D eigenvalue weighted by atomic mass is 9.81. The number of nitrogens with zero attached hydrogens (tertiary/aromatic N) is 2. The summed E-state index contributed by atoms with van der Waals surface area (Å²) in [6, 6.07) is 136. The van der Waals surface area contributed by atoms with E-state index >= 15 is 0 Å². The minimum atomic E-state index is -0.276. The Morgan fingerprint density at radius 1 is 0.186 bits per heavy atom. The molecular formula is C100H72N2. The third kappa shape index (κ3) is 10.2. The fraction of sp³-hybridized carbons (Fsp3) is 0.0600. The molecule has 2 aliphatic carbocycles. The largest absolute Gasteiger partial charge is 0.310 e. The molecule has 2 heteroatoms. The Morgan fingerprint density at radius 3 is 1.07 bits per heavy atom. The summed E-state index contributed by atoms with van der Waals surface area (Å²) >= 11 is 0. The fourth-order valence-electron chi connectivity index (χ4n) is 16.8. The van der Waals surface area contributed by atoms with Crippen molar-refractivity contribution in [2.24, 2.45) is 0 Å². The second-order valence-electron chi connectivity index (χ2n) is 28.8. The van der Waals surface area contributed by atoms with Gasteiger partial charge in [-0.15, -0.1) is 0 Å². The van der Waals surface area contributed by atoms with Gasteiger partial charge >= 0.3 is 0 Å². The first kappa shape index (κ1) is 60.5. The molecule has 0 spiro atoms. The summed E-state index contributed by atoms with van der Waals surface area (Å²) in [4.78, 5) is 4.99. The average Bonchev–Trinajstić information content (AvgIpc) is 1.45. The minimum absolute atomic E-state index is 0.259. The Bertz CT molecular complexity index is 6150. The van der Waals surface area contributed by atoms with Crippen molar-refractivity contribution in [3.8, 4) is 89.0 Å². The van der Waals surface area contributed by atoms with Crippen molar-refractivity contribution in [2.45, 2.75) is 38.5 Å². The van der Waals surface area contributed by atoms with E-state index in [1.807, 2.05) is 0 Å². The molecule has 0 heterocycles. The van der Waals surface area contributed by atoms with Gasteiger partial charge in [-0.25, -0.2) is 0 Å². The van der Waals surface area contributed by atoms with Gasteiger partial charge in [0, 0.05) is 44.7 Å². The molecule has 0 unspecified atom stereocenters. The molecule has 0 fully saturated rings. The number of hydrogen-bond acceptors (Lipinski definition) is 2. The van der Waals surface area contributed by atoms with Crippen molar-refractivity contribution in [2.75, 3.05) is 9.80 Å². The lowest BCUT2D eigenvalue weighted by molar-refractivity contribution is 0.660. The highest BCUT2D eigenvalue weighted by molar-refractivity contribution is 6.20. The maximum atomic E-state index is 2.53. The van der Waals surface area contributed by atoms with Crippen molar-refractivity contribution in [1.82, 2.24) is 0 Å². The average molecular weight is 1300 g/mol. The van der Waals surface area contributed by atoms with Gasteiger partial charge < -0.3 is 9.80 Å². The van der Waals surface area contributed by atoms with Gasteiger partial charge in [0.2, 0.25) is 0 Å². The molecule has 102 heavy (non-hydrogen) atoms. The van der Waals surface area contributed by atoms with Gasteiger partial charge in [0.05, 0.1) is 5.69 Å². The van der Waals surface area contributed by atoms with Crippen LogP contribution in [0.5, 0.6) is 0 Å². The number of benzene rings is 17. The van der Waals surface area contributed by atoms with Crippen molar-refractivity contribution in [1.29, 1.82) is 0 Å². The second kappa shape index (κ2) is 24.1.